The smallest absolute Gasteiger partial charge is 0.244 e. The summed E-state index contributed by atoms with van der Waals surface area (Å²) in [6.45, 7) is 5.50. The van der Waals surface area contributed by atoms with Crippen LogP contribution in [-0.4, -0.2) is 16.4 Å². The second kappa shape index (κ2) is 4.93. The van der Waals surface area contributed by atoms with E-state index in [2.05, 4.69) is 26.2 Å². The molecule has 0 bridgehead atoms. The van der Waals surface area contributed by atoms with Gasteiger partial charge in [0.2, 0.25) is 5.91 Å². The van der Waals surface area contributed by atoms with E-state index < -0.39 is 5.54 Å². The van der Waals surface area contributed by atoms with Crippen molar-refractivity contribution < 1.29 is 4.79 Å². The molecule has 0 saturated carbocycles. The van der Waals surface area contributed by atoms with E-state index >= 15 is 0 Å². The molecule has 0 spiro atoms. The lowest BCUT2D eigenvalue weighted by Gasteiger charge is -2.21. The van der Waals surface area contributed by atoms with Crippen LogP contribution < -0.4 is 11.1 Å². The van der Waals surface area contributed by atoms with Crippen LogP contribution in [0.1, 0.15) is 25.8 Å². The number of carbonyl (C=O) groups is 1. The molecule has 0 aliphatic heterocycles. The van der Waals surface area contributed by atoms with E-state index in [-0.39, 0.29) is 5.91 Å². The minimum absolute atomic E-state index is 0.196. The third-order valence-electron chi connectivity index (χ3n) is 2.53. The average Bonchev–Trinajstić information content (AvgIpc) is 2.23. The minimum Gasteiger partial charge on any atom is -0.323 e. The van der Waals surface area contributed by atoms with Crippen LogP contribution in [0.3, 0.4) is 0 Å². The van der Waals surface area contributed by atoms with E-state index in [4.69, 9.17) is 5.73 Å². The molecule has 0 saturated heterocycles. The molecule has 1 atom stereocenters. The number of nitrogens with one attached hydrogen (secondary N) is 1. The number of hydrogen-bond acceptors (Lipinski definition) is 3. The van der Waals surface area contributed by atoms with Crippen molar-refractivity contribution in [1.29, 1.82) is 0 Å². The highest BCUT2D eigenvalue weighted by atomic mass is 79.9. The van der Waals surface area contributed by atoms with Gasteiger partial charge < -0.3 is 11.1 Å². The van der Waals surface area contributed by atoms with Gasteiger partial charge in [-0.2, -0.15) is 0 Å². The van der Waals surface area contributed by atoms with Crippen LogP contribution in [0.25, 0.3) is 0 Å². The third kappa shape index (κ3) is 3.02. The molecule has 0 aliphatic carbocycles. The number of nitrogens with two attached hydrogens (primary N) is 1. The van der Waals surface area contributed by atoms with Gasteiger partial charge in [-0.3, -0.25) is 4.79 Å². The fourth-order valence-electron chi connectivity index (χ4n) is 1.06. The van der Waals surface area contributed by atoms with Gasteiger partial charge in [0.15, 0.2) is 0 Å². The molecule has 4 nitrogen and oxygen atoms in total. The van der Waals surface area contributed by atoms with Gasteiger partial charge in [0, 0.05) is 0 Å². The van der Waals surface area contributed by atoms with Gasteiger partial charge in [-0.25, -0.2) is 4.98 Å². The van der Waals surface area contributed by atoms with Crippen LogP contribution >= 0.6 is 15.9 Å². The molecule has 1 unspecified atom stereocenters. The highest BCUT2D eigenvalue weighted by Gasteiger charge is 2.25. The fourth-order valence-corrected chi connectivity index (χ4v) is 1.28. The highest BCUT2D eigenvalue weighted by Crippen LogP contribution is 2.18. The molecule has 16 heavy (non-hydrogen) atoms. The third-order valence-corrected chi connectivity index (χ3v) is 3.36. The van der Waals surface area contributed by atoms with Crippen molar-refractivity contribution in [2.45, 2.75) is 32.7 Å². The van der Waals surface area contributed by atoms with Crippen LogP contribution in [0.4, 0.5) is 5.69 Å². The Morgan fingerprint density at radius 2 is 2.31 bits per heavy atom. The number of pyridine rings is 1. The monoisotopic (exact) mass is 285 g/mol. The van der Waals surface area contributed by atoms with Gasteiger partial charge in [0.1, 0.15) is 4.60 Å². The maximum atomic E-state index is 11.8. The van der Waals surface area contributed by atoms with Crippen LogP contribution in [-0.2, 0) is 4.79 Å². The minimum atomic E-state index is -0.846. The average molecular weight is 286 g/mol. The first-order valence-corrected chi connectivity index (χ1v) is 5.88. The molecule has 0 aromatic carbocycles. The predicted molar refractivity (Wildman–Crippen MR) is 68.2 cm³/mol. The van der Waals surface area contributed by atoms with E-state index in [0.29, 0.717) is 12.1 Å². The van der Waals surface area contributed by atoms with E-state index in [1.54, 1.807) is 13.1 Å². The lowest BCUT2D eigenvalue weighted by atomic mass is 9.99. The Labute approximate surface area is 104 Å². The Kier molecular flexibility index (Phi) is 4.04. The van der Waals surface area contributed by atoms with Crippen molar-refractivity contribution >= 4 is 27.5 Å². The van der Waals surface area contributed by atoms with Crippen LogP contribution in [0, 0.1) is 6.92 Å². The van der Waals surface area contributed by atoms with Crippen molar-refractivity contribution in [3.63, 3.8) is 0 Å². The zero-order valence-corrected chi connectivity index (χ0v) is 11.3. The molecule has 1 amide bonds. The van der Waals surface area contributed by atoms with Gasteiger partial charge >= 0.3 is 0 Å². The molecule has 5 heteroatoms. The molecule has 1 aromatic heterocycles. The molecule has 1 heterocycles. The summed E-state index contributed by atoms with van der Waals surface area (Å²) in [7, 11) is 0. The molecule has 0 aliphatic rings. The van der Waals surface area contributed by atoms with Gasteiger partial charge in [0.05, 0.1) is 17.4 Å². The van der Waals surface area contributed by atoms with Crippen LogP contribution in [0.2, 0.25) is 0 Å². The summed E-state index contributed by atoms with van der Waals surface area (Å²) in [5.74, 6) is -0.196. The number of aromatic nitrogens is 1. The first kappa shape index (κ1) is 13.1. The molecule has 88 valence electrons. The predicted octanol–water partition coefficient (Wildman–Crippen LogP) is 2.22. The van der Waals surface area contributed by atoms with E-state index in [9.17, 15) is 4.79 Å². The van der Waals surface area contributed by atoms with Crippen molar-refractivity contribution in [2.24, 2.45) is 5.73 Å². The second-order valence-electron chi connectivity index (χ2n) is 4.06. The zero-order chi connectivity index (χ0) is 12.3. The second-order valence-corrected chi connectivity index (χ2v) is 4.81. The SMILES string of the molecule is CCC(C)(N)C(=O)Nc1cnc(Br)c(C)c1. The Hall–Kier alpha value is -0.940. The summed E-state index contributed by atoms with van der Waals surface area (Å²) in [5.41, 5.74) is 6.62. The van der Waals surface area contributed by atoms with E-state index in [1.807, 2.05) is 19.9 Å². The molecular formula is C11H16BrN3O. The summed E-state index contributed by atoms with van der Waals surface area (Å²) in [6.07, 6.45) is 2.18. The fraction of sp³-hybridized carbons (Fsp3) is 0.455. The molecule has 1 aromatic rings. The quantitative estimate of drug-likeness (QED) is 0.837. The Morgan fingerprint density at radius 3 is 2.81 bits per heavy atom. The van der Waals surface area contributed by atoms with Crippen molar-refractivity contribution in [3.8, 4) is 0 Å². The summed E-state index contributed by atoms with van der Waals surface area (Å²) in [4.78, 5) is 15.9. The number of amides is 1. The van der Waals surface area contributed by atoms with E-state index in [1.165, 1.54) is 0 Å². The summed E-state index contributed by atoms with van der Waals surface area (Å²) in [5, 5.41) is 2.75. The van der Waals surface area contributed by atoms with Gasteiger partial charge in [-0.15, -0.1) is 0 Å². The number of halogens is 1. The number of nitrogens with zero attached hydrogens (tertiary/aromatic N) is 1. The molecule has 0 fully saturated rings. The molecule has 0 radical (unpaired) electrons. The number of anilines is 1. The Balaban J connectivity index is 2.82. The van der Waals surface area contributed by atoms with Crippen molar-refractivity contribution in [1.82, 2.24) is 4.98 Å². The van der Waals surface area contributed by atoms with Crippen LogP contribution in [0.15, 0.2) is 16.9 Å². The lowest BCUT2D eigenvalue weighted by molar-refractivity contribution is -0.120. The van der Waals surface area contributed by atoms with Gasteiger partial charge in [-0.05, 0) is 47.8 Å². The van der Waals surface area contributed by atoms with Gasteiger partial charge in [0.25, 0.3) is 0 Å². The summed E-state index contributed by atoms with van der Waals surface area (Å²) >= 11 is 3.30. The Bertz CT molecular complexity index is 404. The largest absolute Gasteiger partial charge is 0.323 e. The lowest BCUT2D eigenvalue weighted by Crippen LogP contribution is -2.47. The molecule has 3 N–H and O–H groups in total. The first-order chi connectivity index (χ1) is 7.36. The summed E-state index contributed by atoms with van der Waals surface area (Å²) in [6, 6.07) is 1.85. The Morgan fingerprint density at radius 1 is 1.69 bits per heavy atom. The van der Waals surface area contributed by atoms with Gasteiger partial charge in [-0.1, -0.05) is 6.92 Å². The number of hydrogen-bond donors (Lipinski definition) is 2. The van der Waals surface area contributed by atoms with Crippen molar-refractivity contribution in [2.75, 3.05) is 5.32 Å². The van der Waals surface area contributed by atoms with E-state index in [0.717, 1.165) is 10.2 Å². The number of carbonyl (C=O) groups excluding carboxylic acids is 1. The standard InChI is InChI=1S/C11H16BrN3O/c1-4-11(3,13)10(16)15-8-5-7(2)9(12)14-6-8/h5-6H,4,13H2,1-3H3,(H,15,16). The maximum Gasteiger partial charge on any atom is 0.244 e. The number of rotatable bonds is 3. The van der Waals surface area contributed by atoms with Crippen LogP contribution in [0.5, 0.6) is 0 Å². The summed E-state index contributed by atoms with van der Waals surface area (Å²) < 4.78 is 0.775. The highest BCUT2D eigenvalue weighted by molar-refractivity contribution is 9.10. The zero-order valence-electron chi connectivity index (χ0n) is 9.67. The molecule has 1 rings (SSSR count). The topological polar surface area (TPSA) is 68.0 Å². The molecular weight excluding hydrogens is 270 g/mol. The first-order valence-electron chi connectivity index (χ1n) is 5.09. The normalized spacial score (nSPS) is 14.3. The number of aryl methyl sites for hydroxylation is 1. The van der Waals surface area contributed by atoms with Crippen molar-refractivity contribution in [3.05, 3.63) is 22.4 Å². The maximum absolute atomic E-state index is 11.8.